The van der Waals surface area contributed by atoms with Crippen molar-refractivity contribution in [2.24, 2.45) is 0 Å². The van der Waals surface area contributed by atoms with Crippen LogP contribution in [0.1, 0.15) is 29.8 Å². The molecule has 0 fully saturated rings. The van der Waals surface area contributed by atoms with Crippen LogP contribution < -0.4 is 20.3 Å². The molecule has 3 amide bonds. The Morgan fingerprint density at radius 2 is 1.67 bits per heavy atom. The Labute approximate surface area is 218 Å². The number of hydrogen-bond donors (Lipinski definition) is 2. The summed E-state index contributed by atoms with van der Waals surface area (Å²) in [6.45, 7) is 5.61. The Kier molecular flexibility index (Phi) is 7.33. The lowest BCUT2D eigenvalue weighted by atomic mass is 10.1. The second-order valence-electron chi connectivity index (χ2n) is 8.39. The van der Waals surface area contributed by atoms with Crippen LogP contribution in [-0.2, 0) is 9.59 Å². The first kappa shape index (κ1) is 25.3. The number of hydrogen-bond acceptors (Lipinski definition) is 5. The number of nitrogens with zero attached hydrogens (tertiary/aromatic N) is 1. The Morgan fingerprint density at radius 1 is 0.917 bits per heavy atom. The van der Waals surface area contributed by atoms with E-state index in [4.69, 9.17) is 27.9 Å². The molecule has 0 saturated carbocycles. The van der Waals surface area contributed by atoms with Crippen molar-refractivity contribution in [2.45, 2.75) is 26.9 Å². The number of carbonyl (C=O) groups is 3. The Hall–Kier alpha value is -3.81. The minimum absolute atomic E-state index is 0.0608. The maximum absolute atomic E-state index is 13.1. The number of para-hydroxylation sites is 2. The van der Waals surface area contributed by atoms with Crippen LogP contribution in [0.2, 0.25) is 5.02 Å². The van der Waals surface area contributed by atoms with E-state index in [0.29, 0.717) is 33.4 Å². The fraction of sp³-hybridized carbons (Fsp3) is 0.148. The van der Waals surface area contributed by atoms with Crippen molar-refractivity contribution in [3.05, 3.63) is 93.6 Å². The predicted octanol–water partition coefficient (Wildman–Crippen LogP) is 6.12. The third-order valence-electron chi connectivity index (χ3n) is 5.35. The monoisotopic (exact) mass is 523 g/mol. The molecule has 7 nitrogen and oxygen atoms in total. The summed E-state index contributed by atoms with van der Waals surface area (Å²) < 4.78 is 5.77. The molecule has 0 aromatic heterocycles. The number of aryl methyl sites for hydroxylation is 1. The van der Waals surface area contributed by atoms with E-state index in [1.165, 1.54) is 6.07 Å². The normalized spacial score (nSPS) is 13.4. The number of amides is 3. The summed E-state index contributed by atoms with van der Waals surface area (Å²) in [6.07, 6.45) is -0.0608. The molecule has 0 bridgehead atoms. The summed E-state index contributed by atoms with van der Waals surface area (Å²) in [5.41, 5.74) is 2.29. The molecule has 3 aromatic rings. The van der Waals surface area contributed by atoms with Crippen LogP contribution >= 0.6 is 23.2 Å². The molecule has 0 spiro atoms. The van der Waals surface area contributed by atoms with Crippen LogP contribution in [0.4, 0.5) is 17.1 Å². The summed E-state index contributed by atoms with van der Waals surface area (Å²) in [5, 5.41) is 5.93. The van der Waals surface area contributed by atoms with E-state index in [2.05, 4.69) is 10.6 Å². The smallest absolute Gasteiger partial charge is 0.283 e. The number of rotatable bonds is 7. The van der Waals surface area contributed by atoms with Gasteiger partial charge in [-0.25, -0.2) is 4.90 Å². The number of imide groups is 1. The topological polar surface area (TPSA) is 87.7 Å². The van der Waals surface area contributed by atoms with Crippen molar-refractivity contribution in [3.63, 3.8) is 0 Å². The molecule has 9 heteroatoms. The van der Waals surface area contributed by atoms with Gasteiger partial charge in [0.05, 0.1) is 17.5 Å². The summed E-state index contributed by atoms with van der Waals surface area (Å²) in [4.78, 5) is 39.8. The quantitative estimate of drug-likeness (QED) is 0.364. The van der Waals surface area contributed by atoms with E-state index in [0.717, 1.165) is 10.5 Å². The van der Waals surface area contributed by atoms with Gasteiger partial charge < -0.3 is 15.4 Å². The number of halogens is 2. The second-order valence-corrected chi connectivity index (χ2v) is 9.20. The molecule has 0 radical (unpaired) electrons. The standard InChI is InChI=1S/C27H23Cl2N3O4/c1-15(2)36-22-10-5-4-9-20(22)31-25(33)17-12-11-16(3)21(13-17)30-24-23(29)26(34)32(27(24)35)19-8-6-7-18(28)14-19/h4-15,30H,1-3H3,(H,31,33). The average Bonchev–Trinajstić information content (AvgIpc) is 3.04. The third-order valence-corrected chi connectivity index (χ3v) is 5.94. The zero-order valence-electron chi connectivity index (χ0n) is 19.8. The molecule has 0 aliphatic carbocycles. The van der Waals surface area contributed by atoms with Gasteiger partial charge in [-0.15, -0.1) is 0 Å². The zero-order chi connectivity index (χ0) is 26.0. The van der Waals surface area contributed by atoms with E-state index in [1.54, 1.807) is 61.5 Å². The van der Waals surface area contributed by atoms with Gasteiger partial charge in [0.15, 0.2) is 0 Å². The number of anilines is 3. The van der Waals surface area contributed by atoms with Crippen LogP contribution in [0.25, 0.3) is 0 Å². The van der Waals surface area contributed by atoms with Crippen LogP contribution in [0.5, 0.6) is 5.75 Å². The van der Waals surface area contributed by atoms with Gasteiger partial charge in [0.1, 0.15) is 16.5 Å². The van der Waals surface area contributed by atoms with E-state index < -0.39 is 11.8 Å². The minimum atomic E-state index is -0.667. The average molecular weight is 524 g/mol. The van der Waals surface area contributed by atoms with Crippen molar-refractivity contribution in [1.29, 1.82) is 0 Å². The Morgan fingerprint density at radius 3 is 2.39 bits per heavy atom. The van der Waals surface area contributed by atoms with Crippen molar-refractivity contribution in [3.8, 4) is 5.75 Å². The van der Waals surface area contributed by atoms with Crippen molar-refractivity contribution in [2.75, 3.05) is 15.5 Å². The van der Waals surface area contributed by atoms with Gasteiger partial charge in [0.25, 0.3) is 17.7 Å². The number of nitrogens with one attached hydrogen (secondary N) is 2. The fourth-order valence-corrected chi connectivity index (χ4v) is 4.01. The summed E-state index contributed by atoms with van der Waals surface area (Å²) in [5.74, 6) is -1.10. The molecular formula is C27H23Cl2N3O4. The lowest BCUT2D eigenvalue weighted by molar-refractivity contribution is -0.120. The lowest BCUT2D eigenvalue weighted by Gasteiger charge is -2.17. The lowest BCUT2D eigenvalue weighted by Crippen LogP contribution is -2.32. The number of benzene rings is 3. The largest absolute Gasteiger partial charge is 0.489 e. The number of carbonyl (C=O) groups excluding carboxylic acids is 3. The molecule has 1 aliphatic rings. The maximum atomic E-state index is 13.1. The minimum Gasteiger partial charge on any atom is -0.489 e. The van der Waals surface area contributed by atoms with Crippen LogP contribution in [0, 0.1) is 6.92 Å². The first-order chi connectivity index (χ1) is 17.2. The number of ether oxygens (including phenoxy) is 1. The highest BCUT2D eigenvalue weighted by Crippen LogP contribution is 2.32. The fourth-order valence-electron chi connectivity index (χ4n) is 3.61. The molecule has 184 valence electrons. The molecule has 3 aromatic carbocycles. The molecule has 2 N–H and O–H groups in total. The molecule has 4 rings (SSSR count). The molecule has 0 atom stereocenters. The van der Waals surface area contributed by atoms with Crippen molar-refractivity contribution >= 4 is 58.0 Å². The summed E-state index contributed by atoms with van der Waals surface area (Å²) in [6, 6.07) is 18.5. The van der Waals surface area contributed by atoms with E-state index >= 15 is 0 Å². The highest BCUT2D eigenvalue weighted by atomic mass is 35.5. The Balaban J connectivity index is 1.58. The highest BCUT2D eigenvalue weighted by molar-refractivity contribution is 6.53. The van der Waals surface area contributed by atoms with Gasteiger partial charge >= 0.3 is 0 Å². The molecule has 1 heterocycles. The molecule has 0 saturated heterocycles. The second kappa shape index (κ2) is 10.4. The van der Waals surface area contributed by atoms with Gasteiger partial charge in [-0.1, -0.05) is 47.5 Å². The van der Waals surface area contributed by atoms with Crippen LogP contribution in [0.15, 0.2) is 77.5 Å². The van der Waals surface area contributed by atoms with Gasteiger partial charge in [0, 0.05) is 16.3 Å². The molecule has 36 heavy (non-hydrogen) atoms. The van der Waals surface area contributed by atoms with Crippen molar-refractivity contribution in [1.82, 2.24) is 0 Å². The summed E-state index contributed by atoms with van der Waals surface area (Å²) >= 11 is 12.3. The van der Waals surface area contributed by atoms with Gasteiger partial charge in [-0.2, -0.15) is 0 Å². The molecular weight excluding hydrogens is 501 g/mol. The first-order valence-corrected chi connectivity index (χ1v) is 11.9. The van der Waals surface area contributed by atoms with E-state index in [9.17, 15) is 14.4 Å². The van der Waals surface area contributed by atoms with Crippen molar-refractivity contribution < 1.29 is 19.1 Å². The van der Waals surface area contributed by atoms with E-state index in [-0.39, 0.29) is 22.7 Å². The van der Waals surface area contributed by atoms with Gasteiger partial charge in [-0.05, 0) is 68.8 Å². The molecule has 1 aliphatic heterocycles. The van der Waals surface area contributed by atoms with Crippen LogP contribution in [0.3, 0.4) is 0 Å². The maximum Gasteiger partial charge on any atom is 0.283 e. The van der Waals surface area contributed by atoms with Crippen LogP contribution in [-0.4, -0.2) is 23.8 Å². The highest BCUT2D eigenvalue weighted by Gasteiger charge is 2.39. The third kappa shape index (κ3) is 5.22. The summed E-state index contributed by atoms with van der Waals surface area (Å²) in [7, 11) is 0. The Bertz CT molecular complexity index is 1400. The van der Waals surface area contributed by atoms with E-state index in [1.807, 2.05) is 19.9 Å². The van der Waals surface area contributed by atoms with Gasteiger partial charge in [0.2, 0.25) is 0 Å². The first-order valence-electron chi connectivity index (χ1n) is 11.1. The predicted molar refractivity (Wildman–Crippen MR) is 142 cm³/mol. The zero-order valence-corrected chi connectivity index (χ0v) is 21.3. The van der Waals surface area contributed by atoms with Gasteiger partial charge in [-0.3, -0.25) is 14.4 Å². The molecule has 0 unspecified atom stereocenters. The SMILES string of the molecule is Cc1ccc(C(=O)Nc2ccccc2OC(C)C)cc1NC1=C(Cl)C(=O)N(c2cccc(Cl)c2)C1=O.